The summed E-state index contributed by atoms with van der Waals surface area (Å²) in [5.41, 5.74) is 6.12. The van der Waals surface area contributed by atoms with Crippen molar-refractivity contribution in [1.29, 1.82) is 0 Å². The number of hydrogen-bond donors (Lipinski definition) is 2. The van der Waals surface area contributed by atoms with E-state index in [1.54, 1.807) is 6.07 Å². The van der Waals surface area contributed by atoms with Crippen molar-refractivity contribution in [1.82, 2.24) is 4.98 Å². The number of aromatic nitrogens is 1. The second-order valence-corrected chi connectivity index (χ2v) is 4.26. The summed E-state index contributed by atoms with van der Waals surface area (Å²) in [4.78, 5) is 17.2. The average Bonchev–Trinajstić information content (AvgIpc) is 2.60. The Bertz CT molecular complexity index is 425. The molecular weight excluding hydrogens is 230 g/mol. The molecule has 1 aliphatic heterocycles. The van der Waals surface area contributed by atoms with E-state index in [1.165, 1.54) is 11.1 Å². The Labute approximate surface area is 97.8 Å². The van der Waals surface area contributed by atoms with Crippen LogP contribution in [-0.4, -0.2) is 29.1 Å². The quantitative estimate of drug-likeness (QED) is 0.797. The van der Waals surface area contributed by atoms with Gasteiger partial charge in [-0.15, -0.1) is 0 Å². The molecule has 6 heteroatoms. The lowest BCUT2D eigenvalue weighted by molar-refractivity contribution is -0.117. The number of nitrogens with two attached hydrogens (primary N) is 1. The van der Waals surface area contributed by atoms with E-state index >= 15 is 0 Å². The van der Waals surface area contributed by atoms with Gasteiger partial charge in [-0.05, 0) is 6.07 Å². The second-order valence-electron chi connectivity index (χ2n) is 3.82. The topological polar surface area (TPSA) is 79.4 Å². The Kier molecular flexibility index (Phi) is 2.98. The van der Waals surface area contributed by atoms with Crippen molar-refractivity contribution in [2.75, 3.05) is 23.8 Å². The molecule has 0 aliphatic carbocycles. The zero-order chi connectivity index (χ0) is 11.7. The first kappa shape index (κ1) is 11.2. The lowest BCUT2D eigenvalue weighted by Gasteiger charge is -2.17. The molecule has 1 atom stereocenters. The van der Waals surface area contributed by atoms with Gasteiger partial charge in [0.15, 0.2) is 5.82 Å². The second kappa shape index (κ2) is 4.27. The highest BCUT2D eigenvalue weighted by Crippen LogP contribution is 2.28. The van der Waals surface area contributed by atoms with Crippen molar-refractivity contribution in [2.24, 2.45) is 5.92 Å². The number of halogens is 1. The van der Waals surface area contributed by atoms with Gasteiger partial charge in [0.2, 0.25) is 5.91 Å². The molecule has 16 heavy (non-hydrogen) atoms. The van der Waals surface area contributed by atoms with Crippen LogP contribution in [-0.2, 0) is 4.79 Å². The molecule has 1 amide bonds. The van der Waals surface area contributed by atoms with Crippen LogP contribution >= 0.6 is 11.6 Å². The summed E-state index contributed by atoms with van der Waals surface area (Å²) in [6, 6.07) is 1.56. The Balaban J connectivity index is 2.28. The van der Waals surface area contributed by atoms with E-state index in [9.17, 15) is 4.79 Å². The molecule has 1 unspecified atom stereocenters. The fourth-order valence-electron chi connectivity index (χ4n) is 1.78. The van der Waals surface area contributed by atoms with Crippen molar-refractivity contribution < 1.29 is 9.90 Å². The van der Waals surface area contributed by atoms with Gasteiger partial charge in [0.05, 0.1) is 10.7 Å². The van der Waals surface area contributed by atoms with Crippen LogP contribution in [0.5, 0.6) is 0 Å². The summed E-state index contributed by atoms with van der Waals surface area (Å²) in [5, 5.41) is 9.45. The highest BCUT2D eigenvalue weighted by Gasteiger charge is 2.31. The molecule has 2 rings (SSSR count). The first-order valence-electron chi connectivity index (χ1n) is 4.94. The maximum absolute atomic E-state index is 11.7. The molecular formula is C10H12ClN3O2. The molecule has 0 aromatic carbocycles. The van der Waals surface area contributed by atoms with Crippen molar-refractivity contribution in [3.05, 3.63) is 17.3 Å². The molecule has 1 aliphatic rings. The number of rotatable bonds is 2. The van der Waals surface area contributed by atoms with Gasteiger partial charge >= 0.3 is 0 Å². The van der Waals surface area contributed by atoms with Gasteiger partial charge < -0.3 is 10.8 Å². The summed E-state index contributed by atoms with van der Waals surface area (Å²) in [6.07, 6.45) is 1.78. The van der Waals surface area contributed by atoms with E-state index in [-0.39, 0.29) is 18.4 Å². The average molecular weight is 242 g/mol. The standard InChI is InChI=1S/C10H12ClN3O2/c11-7-2-8(12)10(13-3-7)14-4-6(5-15)1-9(14)16/h2-3,6,15H,1,4-5,12H2. The van der Waals surface area contributed by atoms with Crippen LogP contribution in [0.4, 0.5) is 11.5 Å². The number of nitrogens with zero attached hydrogens (tertiary/aromatic N) is 2. The van der Waals surface area contributed by atoms with Crippen molar-refractivity contribution in [3.8, 4) is 0 Å². The molecule has 0 spiro atoms. The smallest absolute Gasteiger partial charge is 0.228 e. The predicted octanol–water partition coefficient (Wildman–Crippen LogP) is 0.662. The number of pyridine rings is 1. The van der Waals surface area contributed by atoms with Crippen molar-refractivity contribution >= 4 is 29.0 Å². The minimum Gasteiger partial charge on any atom is -0.396 e. The van der Waals surface area contributed by atoms with Gasteiger partial charge in [0.1, 0.15) is 0 Å². The van der Waals surface area contributed by atoms with E-state index in [2.05, 4.69) is 4.98 Å². The lowest BCUT2D eigenvalue weighted by Crippen LogP contribution is -2.26. The van der Waals surface area contributed by atoms with E-state index in [0.29, 0.717) is 29.5 Å². The van der Waals surface area contributed by atoms with Crippen molar-refractivity contribution in [2.45, 2.75) is 6.42 Å². The maximum atomic E-state index is 11.7. The third kappa shape index (κ3) is 1.96. The van der Waals surface area contributed by atoms with Gasteiger partial charge in [-0.1, -0.05) is 11.6 Å². The number of anilines is 2. The molecule has 1 saturated heterocycles. The van der Waals surface area contributed by atoms with Crippen LogP contribution in [0.1, 0.15) is 6.42 Å². The zero-order valence-corrected chi connectivity index (χ0v) is 9.31. The number of aliphatic hydroxyl groups is 1. The molecule has 3 N–H and O–H groups in total. The van der Waals surface area contributed by atoms with Gasteiger partial charge in [-0.25, -0.2) is 4.98 Å². The fraction of sp³-hybridized carbons (Fsp3) is 0.400. The Morgan fingerprint density at radius 2 is 2.44 bits per heavy atom. The number of amides is 1. The summed E-state index contributed by atoms with van der Waals surface area (Å²) >= 11 is 5.73. The minimum atomic E-state index is -0.0689. The monoisotopic (exact) mass is 241 g/mol. The normalized spacial score (nSPS) is 20.5. The van der Waals surface area contributed by atoms with Crippen LogP contribution in [0, 0.1) is 5.92 Å². The van der Waals surface area contributed by atoms with Gasteiger partial charge in [-0.2, -0.15) is 0 Å². The molecule has 0 bridgehead atoms. The molecule has 86 valence electrons. The van der Waals surface area contributed by atoms with E-state index in [1.807, 2.05) is 0 Å². The summed E-state index contributed by atoms with van der Waals surface area (Å²) in [6.45, 7) is 0.448. The van der Waals surface area contributed by atoms with E-state index in [0.717, 1.165) is 0 Å². The molecule has 0 radical (unpaired) electrons. The van der Waals surface area contributed by atoms with Crippen LogP contribution in [0.25, 0.3) is 0 Å². The summed E-state index contributed by atoms with van der Waals surface area (Å²) < 4.78 is 0. The minimum absolute atomic E-state index is 0.00423. The number of aliphatic hydroxyl groups excluding tert-OH is 1. The SMILES string of the molecule is Nc1cc(Cl)cnc1N1CC(CO)CC1=O. The fourth-order valence-corrected chi connectivity index (χ4v) is 1.95. The van der Waals surface area contributed by atoms with Gasteiger partial charge in [0, 0.05) is 31.7 Å². The number of carbonyl (C=O) groups is 1. The Morgan fingerprint density at radius 1 is 1.69 bits per heavy atom. The van der Waals surface area contributed by atoms with Crippen LogP contribution in [0.2, 0.25) is 5.02 Å². The third-order valence-corrected chi connectivity index (χ3v) is 2.79. The Morgan fingerprint density at radius 3 is 3.00 bits per heavy atom. The van der Waals surface area contributed by atoms with Gasteiger partial charge in [-0.3, -0.25) is 9.69 Å². The zero-order valence-electron chi connectivity index (χ0n) is 8.56. The summed E-state index contributed by atoms with van der Waals surface area (Å²) in [7, 11) is 0. The molecule has 1 aromatic heterocycles. The van der Waals surface area contributed by atoms with Crippen LogP contribution in [0.3, 0.4) is 0 Å². The Hall–Kier alpha value is -1.33. The van der Waals surface area contributed by atoms with Crippen LogP contribution in [0.15, 0.2) is 12.3 Å². The molecule has 2 heterocycles. The molecule has 5 nitrogen and oxygen atoms in total. The first-order chi connectivity index (χ1) is 7.61. The van der Waals surface area contributed by atoms with E-state index in [4.69, 9.17) is 22.4 Å². The highest BCUT2D eigenvalue weighted by atomic mass is 35.5. The number of hydrogen-bond acceptors (Lipinski definition) is 4. The predicted molar refractivity (Wildman–Crippen MR) is 61.2 cm³/mol. The molecule has 1 aromatic rings. The number of carbonyl (C=O) groups excluding carboxylic acids is 1. The van der Waals surface area contributed by atoms with E-state index < -0.39 is 0 Å². The van der Waals surface area contributed by atoms with Gasteiger partial charge in [0.25, 0.3) is 0 Å². The van der Waals surface area contributed by atoms with Crippen LogP contribution < -0.4 is 10.6 Å². The first-order valence-corrected chi connectivity index (χ1v) is 5.32. The summed E-state index contributed by atoms with van der Waals surface area (Å²) in [5.74, 6) is 0.315. The number of nitrogen functional groups attached to an aromatic ring is 1. The highest BCUT2D eigenvalue weighted by molar-refractivity contribution is 6.30. The largest absolute Gasteiger partial charge is 0.396 e. The maximum Gasteiger partial charge on any atom is 0.228 e. The lowest BCUT2D eigenvalue weighted by atomic mass is 10.1. The third-order valence-electron chi connectivity index (χ3n) is 2.58. The van der Waals surface area contributed by atoms with Crippen molar-refractivity contribution in [3.63, 3.8) is 0 Å². The molecule has 1 fully saturated rings. The molecule has 0 saturated carbocycles.